The fourth-order valence-electron chi connectivity index (χ4n) is 1.79. The van der Waals surface area contributed by atoms with Crippen LogP contribution in [0.4, 0.5) is 0 Å². The number of aromatic nitrogens is 1. The van der Waals surface area contributed by atoms with Crippen LogP contribution in [0.1, 0.15) is 11.3 Å². The topological polar surface area (TPSA) is 63.4 Å². The molecule has 0 saturated heterocycles. The maximum absolute atomic E-state index is 11.0. The minimum Gasteiger partial charge on any atom is -0.454 e. The number of rotatable bonds is 4. The Morgan fingerprint density at radius 1 is 1.28 bits per heavy atom. The summed E-state index contributed by atoms with van der Waals surface area (Å²) in [6, 6.07) is 5.87. The second-order valence-corrected chi connectivity index (χ2v) is 4.81. The molecule has 0 atom stereocenters. The van der Waals surface area contributed by atoms with Crippen LogP contribution in [0.15, 0.2) is 28.4 Å². The van der Waals surface area contributed by atoms with Crippen molar-refractivity contribution in [3.05, 3.63) is 44.5 Å². The Labute approximate surface area is 107 Å². The molecule has 1 aromatic carbocycles. The van der Waals surface area contributed by atoms with E-state index in [0.29, 0.717) is 19.9 Å². The third-order valence-corrected chi connectivity index (χ3v) is 3.37. The Morgan fingerprint density at radius 3 is 3.00 bits per heavy atom. The van der Waals surface area contributed by atoms with Gasteiger partial charge in [0.05, 0.1) is 0 Å². The van der Waals surface area contributed by atoms with E-state index in [1.807, 2.05) is 23.6 Å². The van der Waals surface area contributed by atoms with Gasteiger partial charge in [-0.25, -0.2) is 0 Å². The molecular weight excluding hydrogens is 252 g/mol. The van der Waals surface area contributed by atoms with E-state index in [1.54, 1.807) is 0 Å². The lowest BCUT2D eigenvalue weighted by Gasteiger charge is -2.04. The highest BCUT2D eigenvalue weighted by Crippen LogP contribution is 2.32. The van der Waals surface area contributed by atoms with Crippen molar-refractivity contribution in [2.24, 2.45) is 0 Å². The number of hydrogen-bond donors (Lipinski definition) is 2. The van der Waals surface area contributed by atoms with E-state index in [0.717, 1.165) is 22.8 Å². The zero-order valence-electron chi connectivity index (χ0n) is 9.56. The molecule has 6 heteroatoms. The lowest BCUT2D eigenvalue weighted by atomic mass is 10.2. The molecule has 0 saturated carbocycles. The zero-order chi connectivity index (χ0) is 12.4. The molecule has 3 rings (SSSR count). The second kappa shape index (κ2) is 4.83. The van der Waals surface area contributed by atoms with Crippen LogP contribution in [-0.2, 0) is 13.1 Å². The quantitative estimate of drug-likeness (QED) is 0.877. The van der Waals surface area contributed by atoms with Crippen molar-refractivity contribution in [1.82, 2.24) is 10.3 Å². The summed E-state index contributed by atoms with van der Waals surface area (Å²) < 4.78 is 10.6. The van der Waals surface area contributed by atoms with Crippen molar-refractivity contribution >= 4 is 11.3 Å². The van der Waals surface area contributed by atoms with E-state index >= 15 is 0 Å². The van der Waals surface area contributed by atoms with Gasteiger partial charge in [-0.2, -0.15) is 0 Å². The number of fused-ring (bicyclic) bond motifs is 1. The Bertz CT molecular complexity index is 605. The van der Waals surface area contributed by atoms with Crippen LogP contribution in [0.5, 0.6) is 11.5 Å². The summed E-state index contributed by atoms with van der Waals surface area (Å²) in [6.45, 7) is 1.66. The maximum Gasteiger partial charge on any atom is 0.304 e. The van der Waals surface area contributed by atoms with Gasteiger partial charge in [-0.3, -0.25) is 4.79 Å². The fraction of sp³-hybridized carbons (Fsp3) is 0.250. The lowest BCUT2D eigenvalue weighted by Crippen LogP contribution is -2.13. The molecule has 1 aliphatic rings. The summed E-state index contributed by atoms with van der Waals surface area (Å²) >= 11 is 1.18. The molecule has 0 aliphatic carbocycles. The molecule has 2 N–H and O–H groups in total. The van der Waals surface area contributed by atoms with Crippen LogP contribution in [0.3, 0.4) is 0 Å². The van der Waals surface area contributed by atoms with E-state index in [9.17, 15) is 4.79 Å². The standard InChI is InChI=1S/C12H12N2O3S/c15-12-14-9(6-18-12)5-13-4-8-1-2-10-11(3-8)17-7-16-10/h1-3,6,13H,4-5,7H2,(H,14,15). The molecule has 2 aromatic rings. The minimum absolute atomic E-state index is 0.0186. The Balaban J connectivity index is 1.58. The Kier molecular flexibility index (Phi) is 3.04. The number of benzene rings is 1. The average molecular weight is 264 g/mol. The number of thiazole rings is 1. The summed E-state index contributed by atoms with van der Waals surface area (Å²) in [4.78, 5) is 13.7. The van der Waals surface area contributed by atoms with Gasteiger partial charge in [-0.05, 0) is 17.7 Å². The zero-order valence-corrected chi connectivity index (χ0v) is 10.4. The SMILES string of the molecule is O=c1[nH]c(CNCc2ccc3c(c2)OCO3)cs1. The first-order chi connectivity index (χ1) is 8.81. The highest BCUT2D eigenvalue weighted by atomic mass is 32.1. The maximum atomic E-state index is 11.0. The van der Waals surface area contributed by atoms with E-state index in [4.69, 9.17) is 9.47 Å². The lowest BCUT2D eigenvalue weighted by molar-refractivity contribution is 0.174. The highest BCUT2D eigenvalue weighted by molar-refractivity contribution is 7.07. The van der Waals surface area contributed by atoms with Crippen LogP contribution in [0, 0.1) is 0 Å². The van der Waals surface area contributed by atoms with Gasteiger partial charge in [0.2, 0.25) is 6.79 Å². The molecule has 5 nitrogen and oxygen atoms in total. The second-order valence-electron chi connectivity index (χ2n) is 3.96. The minimum atomic E-state index is -0.0186. The molecule has 0 spiro atoms. The Morgan fingerprint density at radius 2 is 2.17 bits per heavy atom. The van der Waals surface area contributed by atoms with Gasteiger partial charge in [-0.15, -0.1) is 0 Å². The summed E-state index contributed by atoms with van der Waals surface area (Å²) in [7, 11) is 0. The molecule has 0 amide bonds. The van der Waals surface area contributed by atoms with E-state index in [-0.39, 0.29) is 4.87 Å². The molecule has 18 heavy (non-hydrogen) atoms. The van der Waals surface area contributed by atoms with Gasteiger partial charge in [0, 0.05) is 24.2 Å². The number of aromatic amines is 1. The number of hydrogen-bond acceptors (Lipinski definition) is 5. The largest absolute Gasteiger partial charge is 0.454 e. The average Bonchev–Trinajstić information content (AvgIpc) is 2.97. The van der Waals surface area contributed by atoms with Gasteiger partial charge < -0.3 is 19.8 Å². The van der Waals surface area contributed by atoms with Crippen LogP contribution in [0.2, 0.25) is 0 Å². The summed E-state index contributed by atoms with van der Waals surface area (Å²) in [5, 5.41) is 5.09. The van der Waals surface area contributed by atoms with Crippen molar-refractivity contribution in [3.8, 4) is 11.5 Å². The molecule has 0 radical (unpaired) electrons. The van der Waals surface area contributed by atoms with Crippen molar-refractivity contribution in [1.29, 1.82) is 0 Å². The molecular formula is C12H12N2O3S. The van der Waals surface area contributed by atoms with Crippen LogP contribution in [0.25, 0.3) is 0 Å². The van der Waals surface area contributed by atoms with Gasteiger partial charge in [-0.1, -0.05) is 17.4 Å². The highest BCUT2D eigenvalue weighted by Gasteiger charge is 2.12. The third-order valence-electron chi connectivity index (χ3n) is 2.65. The molecule has 1 aromatic heterocycles. The molecule has 1 aliphatic heterocycles. The number of ether oxygens (including phenoxy) is 2. The number of nitrogens with one attached hydrogen (secondary N) is 2. The predicted molar refractivity (Wildman–Crippen MR) is 68.0 cm³/mol. The first-order valence-corrected chi connectivity index (χ1v) is 6.45. The van der Waals surface area contributed by atoms with Gasteiger partial charge in [0.15, 0.2) is 11.5 Å². The van der Waals surface area contributed by atoms with Crippen LogP contribution in [-0.4, -0.2) is 11.8 Å². The monoisotopic (exact) mass is 264 g/mol. The first-order valence-electron chi connectivity index (χ1n) is 5.57. The normalized spacial score (nSPS) is 12.9. The van der Waals surface area contributed by atoms with Crippen molar-refractivity contribution in [3.63, 3.8) is 0 Å². The predicted octanol–water partition coefficient (Wildman–Crippen LogP) is 1.45. The molecule has 0 fully saturated rings. The molecule has 0 unspecified atom stereocenters. The van der Waals surface area contributed by atoms with E-state index in [2.05, 4.69) is 10.3 Å². The van der Waals surface area contributed by atoms with E-state index < -0.39 is 0 Å². The summed E-state index contributed by atoms with van der Waals surface area (Å²) in [5.41, 5.74) is 2.03. The van der Waals surface area contributed by atoms with Crippen LogP contribution < -0.4 is 19.7 Å². The summed E-state index contributed by atoms with van der Waals surface area (Å²) in [5.74, 6) is 1.58. The van der Waals surface area contributed by atoms with Crippen molar-refractivity contribution < 1.29 is 9.47 Å². The third kappa shape index (κ3) is 2.39. The van der Waals surface area contributed by atoms with Gasteiger partial charge in [0.25, 0.3) is 0 Å². The first kappa shape index (κ1) is 11.3. The molecule has 2 heterocycles. The molecule has 0 bridgehead atoms. The van der Waals surface area contributed by atoms with Crippen molar-refractivity contribution in [2.45, 2.75) is 13.1 Å². The summed E-state index contributed by atoms with van der Waals surface area (Å²) in [6.07, 6.45) is 0. The fourth-order valence-corrected chi connectivity index (χ4v) is 2.37. The smallest absolute Gasteiger partial charge is 0.304 e. The van der Waals surface area contributed by atoms with E-state index in [1.165, 1.54) is 11.3 Å². The Hall–Kier alpha value is -1.79. The van der Waals surface area contributed by atoms with Gasteiger partial charge >= 0.3 is 4.87 Å². The number of H-pyrrole nitrogens is 1. The molecule has 94 valence electrons. The van der Waals surface area contributed by atoms with Crippen LogP contribution >= 0.6 is 11.3 Å². The van der Waals surface area contributed by atoms with Crippen molar-refractivity contribution in [2.75, 3.05) is 6.79 Å². The van der Waals surface area contributed by atoms with Gasteiger partial charge in [0.1, 0.15) is 0 Å².